The molecule has 0 aliphatic carbocycles. The third-order valence-corrected chi connectivity index (χ3v) is 6.34. The normalized spacial score (nSPS) is 11.7. The van der Waals surface area contributed by atoms with Gasteiger partial charge in [-0.1, -0.05) is 18.2 Å². The van der Waals surface area contributed by atoms with Gasteiger partial charge in [-0.15, -0.1) is 11.3 Å². The standard InChI is InChI=1S/C16H20N2O3S2/c1-11-9-14(12(2)22-11)16(19)17-10-13-7-5-6-8-15(13)23(20,21)18(3)4/h5-9H,10H2,1-4H3,(H,17,19). The van der Waals surface area contributed by atoms with E-state index in [1.54, 1.807) is 35.6 Å². The van der Waals surface area contributed by atoms with Crippen molar-refractivity contribution in [1.82, 2.24) is 9.62 Å². The van der Waals surface area contributed by atoms with Crippen LogP contribution in [-0.4, -0.2) is 32.7 Å². The zero-order valence-electron chi connectivity index (χ0n) is 13.6. The van der Waals surface area contributed by atoms with Crippen molar-refractivity contribution in [3.63, 3.8) is 0 Å². The monoisotopic (exact) mass is 352 g/mol. The summed E-state index contributed by atoms with van der Waals surface area (Å²) in [4.78, 5) is 14.5. The Balaban J connectivity index is 2.22. The number of aryl methyl sites for hydroxylation is 2. The molecule has 7 heteroatoms. The van der Waals surface area contributed by atoms with Crippen LogP contribution < -0.4 is 5.32 Å². The molecule has 0 bridgehead atoms. The van der Waals surface area contributed by atoms with Crippen molar-refractivity contribution in [3.05, 3.63) is 51.2 Å². The summed E-state index contributed by atoms with van der Waals surface area (Å²) < 4.78 is 25.8. The minimum absolute atomic E-state index is 0.163. The molecule has 23 heavy (non-hydrogen) atoms. The van der Waals surface area contributed by atoms with E-state index >= 15 is 0 Å². The molecular weight excluding hydrogens is 332 g/mol. The lowest BCUT2D eigenvalue weighted by Gasteiger charge is -2.15. The number of amides is 1. The lowest BCUT2D eigenvalue weighted by atomic mass is 10.2. The van der Waals surface area contributed by atoms with Gasteiger partial charge in [-0.3, -0.25) is 4.79 Å². The minimum atomic E-state index is -3.54. The van der Waals surface area contributed by atoms with Crippen LogP contribution in [0, 0.1) is 13.8 Å². The molecule has 0 aliphatic heterocycles. The number of hydrogen-bond acceptors (Lipinski definition) is 4. The number of rotatable bonds is 5. The van der Waals surface area contributed by atoms with E-state index in [0.717, 1.165) is 9.75 Å². The summed E-state index contributed by atoms with van der Waals surface area (Å²) in [6, 6.07) is 8.54. The van der Waals surface area contributed by atoms with Gasteiger partial charge in [0, 0.05) is 30.4 Å². The predicted octanol–water partition coefficient (Wildman–Crippen LogP) is 2.55. The van der Waals surface area contributed by atoms with E-state index in [1.165, 1.54) is 18.4 Å². The molecule has 1 N–H and O–H groups in total. The average molecular weight is 352 g/mol. The van der Waals surface area contributed by atoms with Gasteiger partial charge in [-0.05, 0) is 31.5 Å². The van der Waals surface area contributed by atoms with Crippen LogP contribution in [0.3, 0.4) is 0 Å². The van der Waals surface area contributed by atoms with E-state index in [-0.39, 0.29) is 17.3 Å². The van der Waals surface area contributed by atoms with Crippen molar-refractivity contribution in [2.45, 2.75) is 25.3 Å². The quantitative estimate of drug-likeness (QED) is 0.899. The Morgan fingerprint density at radius 1 is 1.22 bits per heavy atom. The Labute approximate surface area is 141 Å². The summed E-state index contributed by atoms with van der Waals surface area (Å²) in [7, 11) is -0.563. The molecule has 2 aromatic rings. The number of benzene rings is 1. The van der Waals surface area contributed by atoms with Crippen LogP contribution in [0.2, 0.25) is 0 Å². The van der Waals surface area contributed by atoms with E-state index in [1.807, 2.05) is 19.9 Å². The van der Waals surface area contributed by atoms with Crippen LogP contribution >= 0.6 is 11.3 Å². The maximum absolute atomic E-state index is 12.3. The highest BCUT2D eigenvalue weighted by atomic mass is 32.2. The van der Waals surface area contributed by atoms with E-state index in [4.69, 9.17) is 0 Å². The number of carbonyl (C=O) groups is 1. The Hall–Kier alpha value is -1.70. The van der Waals surface area contributed by atoms with Crippen LogP contribution in [0.5, 0.6) is 0 Å². The van der Waals surface area contributed by atoms with Gasteiger partial charge in [-0.2, -0.15) is 0 Å². The predicted molar refractivity (Wildman–Crippen MR) is 92.3 cm³/mol. The number of hydrogen-bond donors (Lipinski definition) is 1. The van der Waals surface area contributed by atoms with Gasteiger partial charge < -0.3 is 5.32 Å². The maximum Gasteiger partial charge on any atom is 0.252 e. The molecule has 2 rings (SSSR count). The lowest BCUT2D eigenvalue weighted by molar-refractivity contribution is 0.0950. The summed E-state index contributed by atoms with van der Waals surface area (Å²) in [6.45, 7) is 4.01. The SMILES string of the molecule is Cc1cc(C(=O)NCc2ccccc2S(=O)(=O)N(C)C)c(C)s1. The summed E-state index contributed by atoms with van der Waals surface area (Å²) in [5, 5.41) is 2.81. The van der Waals surface area contributed by atoms with Crippen molar-refractivity contribution in [2.75, 3.05) is 14.1 Å². The molecular formula is C16H20N2O3S2. The first kappa shape index (κ1) is 17.7. The molecule has 0 radical (unpaired) electrons. The molecule has 1 heterocycles. The van der Waals surface area contributed by atoms with Gasteiger partial charge in [0.2, 0.25) is 10.0 Å². The first-order chi connectivity index (χ1) is 10.7. The highest BCUT2D eigenvalue weighted by Gasteiger charge is 2.21. The smallest absolute Gasteiger partial charge is 0.252 e. The Bertz CT molecular complexity index is 824. The molecule has 0 saturated carbocycles. The molecule has 0 saturated heterocycles. The molecule has 0 atom stereocenters. The van der Waals surface area contributed by atoms with Crippen LogP contribution in [0.1, 0.15) is 25.7 Å². The fourth-order valence-corrected chi connectivity index (χ4v) is 4.26. The van der Waals surface area contributed by atoms with Gasteiger partial charge in [0.25, 0.3) is 5.91 Å². The number of nitrogens with zero attached hydrogens (tertiary/aromatic N) is 1. The topological polar surface area (TPSA) is 66.5 Å². The number of nitrogens with one attached hydrogen (secondary N) is 1. The summed E-state index contributed by atoms with van der Waals surface area (Å²) in [5.74, 6) is -0.191. The first-order valence-electron chi connectivity index (χ1n) is 7.09. The number of carbonyl (C=O) groups excluding carboxylic acids is 1. The Morgan fingerprint density at radius 3 is 2.43 bits per heavy atom. The molecule has 0 fully saturated rings. The maximum atomic E-state index is 12.3. The summed E-state index contributed by atoms with van der Waals surface area (Å²) >= 11 is 1.57. The second-order valence-corrected chi connectivity index (χ2v) is 8.99. The van der Waals surface area contributed by atoms with Crippen LogP contribution in [0.4, 0.5) is 0 Å². The van der Waals surface area contributed by atoms with Gasteiger partial charge in [-0.25, -0.2) is 12.7 Å². The Kier molecular flexibility index (Phi) is 5.23. The second-order valence-electron chi connectivity index (χ2n) is 5.40. The molecule has 5 nitrogen and oxygen atoms in total. The van der Waals surface area contributed by atoms with Crippen molar-refractivity contribution < 1.29 is 13.2 Å². The van der Waals surface area contributed by atoms with Crippen LogP contribution in [0.15, 0.2) is 35.2 Å². The fraction of sp³-hybridized carbons (Fsp3) is 0.312. The molecule has 1 aromatic carbocycles. The molecule has 0 unspecified atom stereocenters. The van der Waals surface area contributed by atoms with Crippen molar-refractivity contribution >= 4 is 27.3 Å². The zero-order chi connectivity index (χ0) is 17.2. The van der Waals surface area contributed by atoms with Crippen molar-refractivity contribution in [2.24, 2.45) is 0 Å². The van der Waals surface area contributed by atoms with E-state index in [0.29, 0.717) is 11.1 Å². The van der Waals surface area contributed by atoms with Crippen molar-refractivity contribution in [3.8, 4) is 0 Å². The van der Waals surface area contributed by atoms with Gasteiger partial charge in [0.1, 0.15) is 0 Å². The van der Waals surface area contributed by atoms with Gasteiger partial charge in [0.05, 0.1) is 10.5 Å². The van der Waals surface area contributed by atoms with Crippen LogP contribution in [-0.2, 0) is 16.6 Å². The first-order valence-corrected chi connectivity index (χ1v) is 9.35. The minimum Gasteiger partial charge on any atom is -0.348 e. The molecule has 1 aromatic heterocycles. The van der Waals surface area contributed by atoms with Gasteiger partial charge in [0.15, 0.2) is 0 Å². The third kappa shape index (κ3) is 3.80. The second kappa shape index (κ2) is 6.82. The van der Waals surface area contributed by atoms with E-state index in [9.17, 15) is 13.2 Å². The third-order valence-electron chi connectivity index (χ3n) is 3.46. The average Bonchev–Trinajstić information content (AvgIpc) is 2.83. The zero-order valence-corrected chi connectivity index (χ0v) is 15.2. The van der Waals surface area contributed by atoms with E-state index < -0.39 is 10.0 Å². The largest absolute Gasteiger partial charge is 0.348 e. The van der Waals surface area contributed by atoms with Gasteiger partial charge >= 0.3 is 0 Å². The highest BCUT2D eigenvalue weighted by Crippen LogP contribution is 2.21. The molecule has 0 spiro atoms. The number of sulfonamides is 1. The lowest BCUT2D eigenvalue weighted by Crippen LogP contribution is -2.27. The Morgan fingerprint density at radius 2 is 1.87 bits per heavy atom. The van der Waals surface area contributed by atoms with Crippen LogP contribution in [0.25, 0.3) is 0 Å². The number of thiophene rings is 1. The van der Waals surface area contributed by atoms with Crippen molar-refractivity contribution in [1.29, 1.82) is 0 Å². The molecule has 0 aliphatic rings. The molecule has 1 amide bonds. The summed E-state index contributed by atoms with van der Waals surface area (Å²) in [6.07, 6.45) is 0. The molecule has 124 valence electrons. The fourth-order valence-electron chi connectivity index (χ4n) is 2.23. The highest BCUT2D eigenvalue weighted by molar-refractivity contribution is 7.89. The summed E-state index contributed by atoms with van der Waals surface area (Å²) in [5.41, 5.74) is 1.21. The van der Waals surface area contributed by atoms with E-state index in [2.05, 4.69) is 5.32 Å².